The van der Waals surface area contributed by atoms with Crippen molar-refractivity contribution in [1.29, 1.82) is 0 Å². The van der Waals surface area contributed by atoms with Gasteiger partial charge in [-0.2, -0.15) is 0 Å². The number of carboxylic acids is 1. The van der Waals surface area contributed by atoms with Gasteiger partial charge in [0.2, 0.25) is 0 Å². The van der Waals surface area contributed by atoms with E-state index in [0.29, 0.717) is 0 Å². The Hall–Kier alpha value is -0.590. The molecule has 31 heavy (non-hydrogen) atoms. The summed E-state index contributed by atoms with van der Waals surface area (Å²) in [4.78, 5) is 33.9. The van der Waals surface area contributed by atoms with Crippen LogP contribution in [0, 0.1) is 5.92 Å². The van der Waals surface area contributed by atoms with Crippen molar-refractivity contribution in [3.05, 3.63) is 0 Å². The van der Waals surface area contributed by atoms with Gasteiger partial charge < -0.3 is 19.4 Å². The normalized spacial score (nSPS) is 12.7. The number of carbonyl (C=O) groups is 3. The second-order valence-corrected chi connectivity index (χ2v) is 8.71. The number of aliphatic carboxylic acids is 1. The molecule has 0 bridgehead atoms. The first kappa shape index (κ1) is 32.6. The first-order valence-electron chi connectivity index (χ1n) is 11.8. The first-order chi connectivity index (χ1) is 14.2. The van der Waals surface area contributed by atoms with Gasteiger partial charge in [-0.25, -0.2) is 4.79 Å². The zero-order chi connectivity index (χ0) is 22.8. The van der Waals surface area contributed by atoms with E-state index in [1.807, 2.05) is 0 Å². The fraction of sp³-hybridized carbons (Fsp3) is 0.875. The van der Waals surface area contributed by atoms with Crippen LogP contribution in [0.1, 0.15) is 118 Å². The summed E-state index contributed by atoms with van der Waals surface area (Å²) in [5, 5.41) is 10.6. The number of hydrogen-bond donors (Lipinski definition) is 0. The van der Waals surface area contributed by atoms with E-state index in [4.69, 9.17) is 4.74 Å². The number of carbonyl (C=O) groups excluding carboxylic acids is 3. The van der Waals surface area contributed by atoms with Crippen molar-refractivity contribution >= 4 is 17.9 Å². The van der Waals surface area contributed by atoms with Crippen LogP contribution in [0.3, 0.4) is 0 Å². The van der Waals surface area contributed by atoms with Crippen molar-refractivity contribution in [3.8, 4) is 0 Å². The number of hydrogen-bond acceptors (Lipinski definition) is 6. The van der Waals surface area contributed by atoms with Gasteiger partial charge in [0, 0.05) is 6.42 Å². The van der Waals surface area contributed by atoms with Crippen molar-refractivity contribution in [2.75, 3.05) is 0 Å². The van der Waals surface area contributed by atoms with Gasteiger partial charge in [-0.05, 0) is 26.2 Å². The van der Waals surface area contributed by atoms with Crippen molar-refractivity contribution in [3.63, 3.8) is 0 Å². The van der Waals surface area contributed by atoms with Gasteiger partial charge in [0.05, 0.1) is 5.97 Å². The number of rotatable bonds is 19. The van der Waals surface area contributed by atoms with Crippen LogP contribution in [-0.2, 0) is 23.9 Å². The monoisotopic (exact) mass is 450 g/mol. The third-order valence-electron chi connectivity index (χ3n) is 5.18. The maximum atomic E-state index is 11.8. The zero-order valence-corrected chi connectivity index (χ0v) is 22.6. The summed E-state index contributed by atoms with van der Waals surface area (Å²) in [5.74, 6) is -2.00. The van der Waals surface area contributed by atoms with Gasteiger partial charge in [0.15, 0.2) is 6.10 Å². The van der Waals surface area contributed by atoms with Crippen LogP contribution in [0.2, 0.25) is 0 Å². The minimum absolute atomic E-state index is 0. The van der Waals surface area contributed by atoms with E-state index in [0.717, 1.165) is 25.2 Å². The topological polar surface area (TPSA) is 92.7 Å². The molecular weight excluding hydrogens is 407 g/mol. The van der Waals surface area contributed by atoms with E-state index in [9.17, 15) is 19.5 Å². The van der Waals surface area contributed by atoms with Gasteiger partial charge in [-0.3, -0.25) is 4.79 Å². The van der Waals surface area contributed by atoms with Gasteiger partial charge in [-0.1, -0.05) is 90.9 Å². The number of unbranched alkanes of at least 4 members (excludes halogenated alkanes) is 11. The predicted molar refractivity (Wildman–Crippen MR) is 116 cm³/mol. The van der Waals surface area contributed by atoms with Crippen LogP contribution in [0.4, 0.5) is 0 Å². The van der Waals surface area contributed by atoms with Gasteiger partial charge in [0.1, 0.15) is 6.10 Å². The Morgan fingerprint density at radius 2 is 1.06 bits per heavy atom. The molecule has 2 unspecified atom stereocenters. The van der Waals surface area contributed by atoms with Crippen LogP contribution in [0.5, 0.6) is 0 Å². The first-order valence-corrected chi connectivity index (χ1v) is 11.8. The summed E-state index contributed by atoms with van der Waals surface area (Å²) in [6.07, 6.45) is 13.8. The van der Waals surface area contributed by atoms with E-state index >= 15 is 0 Å². The SMILES string of the molecule is CC(C)CCCCCCCCCCCCCCC(=O)OC(C)C(=O)OC(C)C(=O)[O-].[Na+]. The Morgan fingerprint density at radius 1 is 0.645 bits per heavy atom. The Kier molecular flexibility index (Phi) is 22.4. The summed E-state index contributed by atoms with van der Waals surface area (Å²) < 4.78 is 9.61. The molecule has 6 nitrogen and oxygen atoms in total. The van der Waals surface area contributed by atoms with Gasteiger partial charge in [0.25, 0.3) is 0 Å². The molecule has 0 aliphatic heterocycles. The summed E-state index contributed by atoms with van der Waals surface area (Å²) in [6, 6.07) is 0. The average molecular weight is 451 g/mol. The van der Waals surface area contributed by atoms with Crippen LogP contribution in [-0.4, -0.2) is 30.1 Å². The second-order valence-electron chi connectivity index (χ2n) is 8.71. The van der Waals surface area contributed by atoms with E-state index in [-0.39, 0.29) is 36.0 Å². The molecule has 0 heterocycles. The molecule has 0 spiro atoms. The second kappa shape index (κ2) is 21.3. The zero-order valence-electron chi connectivity index (χ0n) is 20.6. The molecule has 7 heteroatoms. The molecule has 0 radical (unpaired) electrons. The van der Waals surface area contributed by atoms with E-state index in [2.05, 4.69) is 18.6 Å². The summed E-state index contributed by atoms with van der Waals surface area (Å²) in [5.41, 5.74) is 0. The summed E-state index contributed by atoms with van der Waals surface area (Å²) >= 11 is 0. The van der Waals surface area contributed by atoms with Crippen LogP contribution < -0.4 is 34.7 Å². The maximum absolute atomic E-state index is 11.8. The molecule has 0 aromatic rings. The van der Waals surface area contributed by atoms with Crippen molar-refractivity contribution in [1.82, 2.24) is 0 Å². The molecule has 0 aliphatic rings. The van der Waals surface area contributed by atoms with Gasteiger partial charge >= 0.3 is 41.5 Å². The van der Waals surface area contributed by atoms with Crippen molar-refractivity contribution in [2.45, 2.75) is 130 Å². The largest absolute Gasteiger partial charge is 1.00 e. The standard InChI is InChI=1S/C24H44O6.Na/c1-19(2)17-15-13-11-9-7-5-6-8-10-12-14-16-18-22(25)29-21(4)24(28)30-20(3)23(26)27;/h19-21H,5-18H2,1-4H3,(H,26,27);/q;+1/p-1. The number of carboxylic acid groups (broad SMARTS) is 1. The predicted octanol–water partition coefficient (Wildman–Crippen LogP) is 1.72. The smallest absolute Gasteiger partial charge is 0.546 e. The third kappa shape index (κ3) is 21.0. The molecule has 0 fully saturated rings. The number of esters is 2. The molecule has 0 saturated heterocycles. The maximum Gasteiger partial charge on any atom is 1.00 e. The van der Waals surface area contributed by atoms with Crippen molar-refractivity contribution < 1.29 is 58.5 Å². The van der Waals surface area contributed by atoms with Crippen LogP contribution >= 0.6 is 0 Å². The van der Waals surface area contributed by atoms with E-state index in [1.165, 1.54) is 78.1 Å². The molecule has 0 aromatic carbocycles. The van der Waals surface area contributed by atoms with Gasteiger partial charge in [-0.15, -0.1) is 0 Å². The fourth-order valence-electron chi connectivity index (χ4n) is 3.21. The quantitative estimate of drug-likeness (QED) is 0.169. The molecule has 0 N–H and O–H groups in total. The number of ether oxygens (including phenoxy) is 2. The Morgan fingerprint density at radius 3 is 1.48 bits per heavy atom. The minimum Gasteiger partial charge on any atom is -0.546 e. The van der Waals surface area contributed by atoms with Crippen LogP contribution in [0.15, 0.2) is 0 Å². The summed E-state index contributed by atoms with van der Waals surface area (Å²) in [6.45, 7) is 7.14. The van der Waals surface area contributed by atoms with Crippen molar-refractivity contribution in [2.24, 2.45) is 5.92 Å². The Bertz CT molecular complexity index is 481. The Labute approximate surface area is 211 Å². The molecule has 0 rings (SSSR count). The van der Waals surface area contributed by atoms with E-state index in [1.54, 1.807) is 0 Å². The van der Waals surface area contributed by atoms with Crippen LogP contribution in [0.25, 0.3) is 0 Å². The molecular formula is C24H43NaO6. The fourth-order valence-corrected chi connectivity index (χ4v) is 3.21. The molecule has 0 aliphatic carbocycles. The molecule has 0 aromatic heterocycles. The summed E-state index contributed by atoms with van der Waals surface area (Å²) in [7, 11) is 0. The molecule has 2 atom stereocenters. The molecule has 0 amide bonds. The van der Waals surface area contributed by atoms with E-state index < -0.39 is 30.1 Å². The third-order valence-corrected chi connectivity index (χ3v) is 5.18. The molecule has 0 saturated carbocycles. The minimum atomic E-state index is -1.49. The average Bonchev–Trinajstić information content (AvgIpc) is 2.67. The molecule has 176 valence electrons. The Balaban J connectivity index is 0.